The molecule has 10 heteroatoms. The molecular weight excluding hydrogens is 417 g/mol. The lowest BCUT2D eigenvalue weighted by Crippen LogP contribution is -2.22. The van der Waals surface area contributed by atoms with Gasteiger partial charge in [0.25, 0.3) is 0 Å². The van der Waals surface area contributed by atoms with E-state index in [0.29, 0.717) is 23.6 Å². The number of benzene rings is 2. The van der Waals surface area contributed by atoms with Gasteiger partial charge >= 0.3 is 6.18 Å². The van der Waals surface area contributed by atoms with E-state index >= 15 is 0 Å². The molecule has 1 heterocycles. The van der Waals surface area contributed by atoms with Crippen LogP contribution in [0.3, 0.4) is 0 Å². The second-order valence-electron chi connectivity index (χ2n) is 7.05. The summed E-state index contributed by atoms with van der Waals surface area (Å²) in [6.07, 6.45) is -3.53. The SMILES string of the molecule is CCCn1c(CNc2ccc(C(F)(F)F)cc2)nc2cc(S(=O)(=O)N(C)C)ccc21. The van der Waals surface area contributed by atoms with Gasteiger partial charge in [-0.25, -0.2) is 17.7 Å². The van der Waals surface area contributed by atoms with Crippen LogP contribution >= 0.6 is 0 Å². The van der Waals surface area contributed by atoms with Crippen LogP contribution in [0.1, 0.15) is 24.7 Å². The summed E-state index contributed by atoms with van der Waals surface area (Å²) < 4.78 is 66.1. The molecule has 30 heavy (non-hydrogen) atoms. The molecule has 0 saturated carbocycles. The number of fused-ring (bicyclic) bond motifs is 1. The van der Waals surface area contributed by atoms with E-state index < -0.39 is 21.8 Å². The molecule has 0 amide bonds. The van der Waals surface area contributed by atoms with Crippen molar-refractivity contribution in [2.45, 2.75) is 37.5 Å². The van der Waals surface area contributed by atoms with Crippen LogP contribution in [0, 0.1) is 0 Å². The monoisotopic (exact) mass is 440 g/mol. The second-order valence-corrected chi connectivity index (χ2v) is 9.20. The molecule has 0 bridgehead atoms. The highest BCUT2D eigenvalue weighted by atomic mass is 32.2. The Morgan fingerprint density at radius 3 is 2.33 bits per heavy atom. The van der Waals surface area contributed by atoms with Gasteiger partial charge in [-0.2, -0.15) is 13.2 Å². The highest BCUT2D eigenvalue weighted by Crippen LogP contribution is 2.30. The van der Waals surface area contributed by atoms with Gasteiger partial charge in [0, 0.05) is 26.3 Å². The highest BCUT2D eigenvalue weighted by Gasteiger charge is 2.30. The summed E-state index contributed by atoms with van der Waals surface area (Å²) in [5, 5.41) is 3.09. The van der Waals surface area contributed by atoms with E-state index in [1.54, 1.807) is 18.2 Å². The van der Waals surface area contributed by atoms with Crippen molar-refractivity contribution in [2.24, 2.45) is 0 Å². The Labute approximate surface area is 173 Å². The molecule has 0 aliphatic rings. The zero-order valence-corrected chi connectivity index (χ0v) is 17.7. The first kappa shape index (κ1) is 22.1. The van der Waals surface area contributed by atoms with Gasteiger partial charge in [-0.15, -0.1) is 0 Å². The fourth-order valence-electron chi connectivity index (χ4n) is 3.10. The fourth-order valence-corrected chi connectivity index (χ4v) is 4.02. The Morgan fingerprint density at radius 2 is 1.77 bits per heavy atom. The van der Waals surface area contributed by atoms with Crippen molar-refractivity contribution in [1.82, 2.24) is 13.9 Å². The maximum atomic E-state index is 12.7. The first-order valence-corrected chi connectivity index (χ1v) is 10.8. The van der Waals surface area contributed by atoms with E-state index in [9.17, 15) is 21.6 Å². The number of rotatable bonds is 7. The zero-order valence-electron chi connectivity index (χ0n) is 16.9. The van der Waals surface area contributed by atoms with Gasteiger partial charge in [0.1, 0.15) is 5.82 Å². The highest BCUT2D eigenvalue weighted by molar-refractivity contribution is 7.89. The Bertz CT molecular complexity index is 1140. The minimum Gasteiger partial charge on any atom is -0.378 e. The third kappa shape index (κ3) is 4.44. The molecule has 0 saturated heterocycles. The molecule has 0 atom stereocenters. The average molecular weight is 440 g/mol. The van der Waals surface area contributed by atoms with Crippen LogP contribution in [0.25, 0.3) is 11.0 Å². The predicted octanol–water partition coefficient (Wildman–Crippen LogP) is 4.33. The minimum atomic E-state index is -4.38. The van der Waals surface area contributed by atoms with Crippen LogP contribution in [0.4, 0.5) is 18.9 Å². The predicted molar refractivity (Wildman–Crippen MR) is 110 cm³/mol. The largest absolute Gasteiger partial charge is 0.416 e. The minimum absolute atomic E-state index is 0.156. The van der Waals surface area contributed by atoms with E-state index in [-0.39, 0.29) is 11.4 Å². The van der Waals surface area contributed by atoms with Crippen molar-refractivity contribution < 1.29 is 21.6 Å². The molecule has 1 N–H and O–H groups in total. The number of sulfonamides is 1. The maximum Gasteiger partial charge on any atom is 0.416 e. The van der Waals surface area contributed by atoms with Crippen molar-refractivity contribution in [1.29, 1.82) is 0 Å². The van der Waals surface area contributed by atoms with Crippen LogP contribution in [-0.2, 0) is 29.3 Å². The molecule has 0 unspecified atom stereocenters. The second kappa shape index (κ2) is 8.27. The normalized spacial score (nSPS) is 12.6. The Morgan fingerprint density at radius 1 is 1.10 bits per heavy atom. The van der Waals surface area contributed by atoms with Gasteiger partial charge in [-0.1, -0.05) is 6.92 Å². The summed E-state index contributed by atoms with van der Waals surface area (Å²) in [4.78, 5) is 4.73. The molecule has 3 rings (SSSR count). The molecular formula is C20H23F3N4O2S. The first-order valence-electron chi connectivity index (χ1n) is 9.37. The molecule has 162 valence electrons. The van der Waals surface area contributed by atoms with E-state index in [2.05, 4.69) is 10.3 Å². The summed E-state index contributed by atoms with van der Waals surface area (Å²) in [7, 11) is -0.645. The average Bonchev–Trinajstić information content (AvgIpc) is 3.03. The van der Waals surface area contributed by atoms with E-state index in [1.807, 2.05) is 11.5 Å². The van der Waals surface area contributed by atoms with Crippen LogP contribution < -0.4 is 5.32 Å². The van der Waals surface area contributed by atoms with Crippen LogP contribution in [0.5, 0.6) is 0 Å². The van der Waals surface area contributed by atoms with E-state index in [0.717, 1.165) is 28.4 Å². The summed E-state index contributed by atoms with van der Waals surface area (Å²) in [5.74, 6) is 0.672. The first-order chi connectivity index (χ1) is 14.0. The van der Waals surface area contributed by atoms with Crippen molar-refractivity contribution in [3.05, 3.63) is 53.9 Å². The number of nitrogens with one attached hydrogen (secondary N) is 1. The fraction of sp³-hybridized carbons (Fsp3) is 0.350. The Hall–Kier alpha value is -2.59. The number of hydrogen-bond acceptors (Lipinski definition) is 4. The number of alkyl halides is 3. The number of aryl methyl sites for hydroxylation is 1. The number of halogens is 3. The summed E-state index contributed by atoms with van der Waals surface area (Å²) in [6.45, 7) is 2.99. The lowest BCUT2D eigenvalue weighted by molar-refractivity contribution is -0.137. The molecule has 0 aliphatic heterocycles. The lowest BCUT2D eigenvalue weighted by atomic mass is 10.2. The standard InChI is InChI=1S/C20H23F3N4O2S/c1-4-11-27-18-10-9-16(30(28,29)26(2)3)12-17(18)25-19(27)13-24-15-7-5-14(6-8-15)20(21,22)23/h5-10,12,24H,4,11,13H2,1-3H3. The number of hydrogen-bond donors (Lipinski definition) is 1. The molecule has 1 aromatic heterocycles. The quantitative estimate of drug-likeness (QED) is 0.594. The number of imidazole rings is 1. The molecule has 6 nitrogen and oxygen atoms in total. The van der Waals surface area contributed by atoms with Crippen LogP contribution in [0.15, 0.2) is 47.4 Å². The van der Waals surface area contributed by atoms with Gasteiger partial charge in [0.15, 0.2) is 0 Å². The number of anilines is 1. The van der Waals surface area contributed by atoms with Crippen molar-refractivity contribution in [2.75, 3.05) is 19.4 Å². The topological polar surface area (TPSA) is 67.2 Å². The van der Waals surface area contributed by atoms with Gasteiger partial charge < -0.3 is 9.88 Å². The van der Waals surface area contributed by atoms with Crippen molar-refractivity contribution >= 4 is 26.7 Å². The zero-order chi connectivity index (χ0) is 22.1. The third-order valence-corrected chi connectivity index (χ3v) is 6.50. The van der Waals surface area contributed by atoms with Gasteiger partial charge in [0.05, 0.1) is 28.0 Å². The summed E-state index contributed by atoms with van der Waals surface area (Å²) in [6, 6.07) is 9.62. The van der Waals surface area contributed by atoms with E-state index in [1.165, 1.54) is 26.2 Å². The lowest BCUT2D eigenvalue weighted by Gasteiger charge is -2.12. The van der Waals surface area contributed by atoms with Crippen LogP contribution in [0.2, 0.25) is 0 Å². The van der Waals surface area contributed by atoms with Gasteiger partial charge in [-0.05, 0) is 48.9 Å². The Balaban J connectivity index is 1.90. The van der Waals surface area contributed by atoms with E-state index in [4.69, 9.17) is 0 Å². The molecule has 0 aliphatic carbocycles. The van der Waals surface area contributed by atoms with Crippen LogP contribution in [-0.4, -0.2) is 36.4 Å². The molecule has 3 aromatic rings. The summed E-state index contributed by atoms with van der Waals surface area (Å²) >= 11 is 0. The molecule has 0 spiro atoms. The summed E-state index contributed by atoms with van der Waals surface area (Å²) in [5.41, 5.74) is 1.18. The smallest absolute Gasteiger partial charge is 0.378 e. The van der Waals surface area contributed by atoms with Crippen molar-refractivity contribution in [3.8, 4) is 0 Å². The molecule has 0 fully saturated rings. The number of nitrogens with zero attached hydrogens (tertiary/aromatic N) is 3. The van der Waals surface area contributed by atoms with Crippen molar-refractivity contribution in [3.63, 3.8) is 0 Å². The molecule has 0 radical (unpaired) electrons. The Kier molecular flexibility index (Phi) is 6.09. The van der Waals surface area contributed by atoms with Gasteiger partial charge in [-0.3, -0.25) is 0 Å². The van der Waals surface area contributed by atoms with Gasteiger partial charge in [0.2, 0.25) is 10.0 Å². The molecule has 2 aromatic carbocycles. The maximum absolute atomic E-state index is 12.7. The third-order valence-electron chi connectivity index (χ3n) is 4.69. The number of aromatic nitrogens is 2.